The summed E-state index contributed by atoms with van der Waals surface area (Å²) in [6.07, 6.45) is 5.85. The van der Waals surface area contributed by atoms with Crippen molar-refractivity contribution in [3.05, 3.63) is 22.6 Å². The van der Waals surface area contributed by atoms with Crippen LogP contribution in [0.25, 0.3) is 11.2 Å². The number of fused-ring (bicyclic) bond motifs is 1. The molecular formula is C13H19N3S2. The van der Waals surface area contributed by atoms with E-state index in [-0.39, 0.29) is 0 Å². The Morgan fingerprint density at radius 1 is 1.33 bits per heavy atom. The first-order chi connectivity index (χ1) is 8.72. The lowest BCUT2D eigenvalue weighted by atomic mass is 10.2. The minimum absolute atomic E-state index is 0.785. The van der Waals surface area contributed by atoms with Crippen LogP contribution in [0.3, 0.4) is 0 Å². The summed E-state index contributed by atoms with van der Waals surface area (Å²) in [5, 5.41) is 0. The summed E-state index contributed by atoms with van der Waals surface area (Å²) < 4.78 is 2.91. The molecule has 0 saturated heterocycles. The van der Waals surface area contributed by atoms with Gasteiger partial charge in [-0.2, -0.15) is 11.8 Å². The molecule has 2 heterocycles. The molecule has 0 fully saturated rings. The average Bonchev–Trinajstić information content (AvgIpc) is 2.65. The molecule has 0 amide bonds. The first kappa shape index (κ1) is 13.6. The molecule has 0 aliphatic carbocycles. The van der Waals surface area contributed by atoms with Gasteiger partial charge in [-0.25, -0.2) is 4.98 Å². The Kier molecular flexibility index (Phi) is 4.83. The van der Waals surface area contributed by atoms with Crippen molar-refractivity contribution in [3.8, 4) is 0 Å². The number of rotatable bonds is 6. The van der Waals surface area contributed by atoms with E-state index in [1.54, 1.807) is 0 Å². The van der Waals surface area contributed by atoms with E-state index in [9.17, 15) is 0 Å². The lowest BCUT2D eigenvalue weighted by Crippen LogP contribution is -2.00. The van der Waals surface area contributed by atoms with Gasteiger partial charge in [-0.3, -0.25) is 0 Å². The second-order valence-electron chi connectivity index (χ2n) is 4.46. The van der Waals surface area contributed by atoms with E-state index in [1.165, 1.54) is 18.6 Å². The molecule has 0 aromatic carbocycles. The van der Waals surface area contributed by atoms with Crippen LogP contribution < -0.4 is 0 Å². The number of nitrogens with one attached hydrogen (secondary N) is 1. The maximum absolute atomic E-state index is 5.36. The number of thioether (sulfide) groups is 1. The summed E-state index contributed by atoms with van der Waals surface area (Å²) in [6.45, 7) is 2.97. The molecule has 2 rings (SSSR count). The number of aryl methyl sites for hydroxylation is 2. The third kappa shape index (κ3) is 3.14. The van der Waals surface area contributed by atoms with Gasteiger partial charge in [0.15, 0.2) is 10.4 Å². The maximum Gasteiger partial charge on any atom is 0.179 e. The van der Waals surface area contributed by atoms with E-state index in [4.69, 9.17) is 12.2 Å². The number of imidazole rings is 1. The smallest absolute Gasteiger partial charge is 0.179 e. The zero-order valence-corrected chi connectivity index (χ0v) is 12.5. The average molecular weight is 281 g/mol. The Bertz CT molecular complexity index is 571. The van der Waals surface area contributed by atoms with Crippen LogP contribution in [0.4, 0.5) is 0 Å². The molecule has 0 saturated carbocycles. The third-order valence-corrected chi connectivity index (χ3v) is 4.01. The summed E-state index contributed by atoms with van der Waals surface area (Å²) in [5.74, 6) is 1.25. The highest BCUT2D eigenvalue weighted by atomic mass is 32.2. The van der Waals surface area contributed by atoms with Gasteiger partial charge < -0.3 is 9.55 Å². The molecule has 0 aliphatic heterocycles. The number of unbranched alkanes of at least 4 members (excludes halogenated alkanes) is 2. The van der Waals surface area contributed by atoms with Crippen LogP contribution in [-0.2, 0) is 6.54 Å². The highest BCUT2D eigenvalue weighted by Gasteiger charge is 2.05. The van der Waals surface area contributed by atoms with Crippen molar-refractivity contribution in [1.82, 2.24) is 14.5 Å². The van der Waals surface area contributed by atoms with Crippen LogP contribution >= 0.6 is 24.0 Å². The molecule has 2 aromatic heterocycles. The molecule has 0 radical (unpaired) electrons. The van der Waals surface area contributed by atoms with Gasteiger partial charge in [-0.05, 0) is 56.1 Å². The molecule has 1 N–H and O–H groups in total. The summed E-state index contributed by atoms with van der Waals surface area (Å²) in [6, 6.07) is 4.06. The molecule has 0 spiro atoms. The zero-order chi connectivity index (χ0) is 13.0. The van der Waals surface area contributed by atoms with Gasteiger partial charge in [0.2, 0.25) is 0 Å². The van der Waals surface area contributed by atoms with Crippen molar-refractivity contribution < 1.29 is 0 Å². The van der Waals surface area contributed by atoms with Gasteiger partial charge in [0.05, 0.1) is 5.52 Å². The predicted molar refractivity (Wildman–Crippen MR) is 81.9 cm³/mol. The van der Waals surface area contributed by atoms with Gasteiger partial charge in [-0.15, -0.1) is 0 Å². The number of nitrogens with zero attached hydrogens (tertiary/aromatic N) is 2. The normalized spacial score (nSPS) is 11.2. The highest BCUT2D eigenvalue weighted by Crippen LogP contribution is 2.14. The third-order valence-electron chi connectivity index (χ3n) is 2.99. The lowest BCUT2D eigenvalue weighted by Gasteiger charge is -2.04. The Hall–Kier alpha value is -0.810. The Balaban J connectivity index is 2.10. The van der Waals surface area contributed by atoms with Gasteiger partial charge in [0.1, 0.15) is 0 Å². The molecule has 18 heavy (non-hydrogen) atoms. The van der Waals surface area contributed by atoms with E-state index < -0.39 is 0 Å². The standard InChI is InChI=1S/C13H19N3S2/c1-10-6-7-11-12(14-10)16(13(17)15-11)8-4-3-5-9-18-2/h6-7H,3-5,8-9H2,1-2H3,(H,15,17). The quantitative estimate of drug-likeness (QED) is 0.643. The van der Waals surface area contributed by atoms with E-state index in [0.29, 0.717) is 0 Å². The largest absolute Gasteiger partial charge is 0.329 e. The van der Waals surface area contributed by atoms with E-state index in [2.05, 4.69) is 26.9 Å². The molecule has 98 valence electrons. The first-order valence-corrected chi connectivity index (χ1v) is 8.07. The number of hydrogen-bond donors (Lipinski definition) is 1. The lowest BCUT2D eigenvalue weighted by molar-refractivity contribution is 0.607. The molecule has 0 aliphatic rings. The molecule has 5 heteroatoms. The summed E-state index contributed by atoms with van der Waals surface area (Å²) in [5.41, 5.74) is 3.06. The van der Waals surface area contributed by atoms with Gasteiger partial charge in [0, 0.05) is 12.2 Å². The number of aromatic nitrogens is 3. The van der Waals surface area contributed by atoms with E-state index in [0.717, 1.165) is 34.6 Å². The van der Waals surface area contributed by atoms with Crippen molar-refractivity contribution in [1.29, 1.82) is 0 Å². The van der Waals surface area contributed by atoms with E-state index in [1.807, 2.05) is 24.8 Å². The fraction of sp³-hybridized carbons (Fsp3) is 0.538. The van der Waals surface area contributed by atoms with Crippen LogP contribution in [0.1, 0.15) is 25.0 Å². The number of hydrogen-bond acceptors (Lipinski definition) is 3. The van der Waals surface area contributed by atoms with Crippen LogP contribution in [0.15, 0.2) is 12.1 Å². The maximum atomic E-state index is 5.36. The zero-order valence-electron chi connectivity index (χ0n) is 10.9. The SMILES string of the molecule is CSCCCCCn1c(=S)[nH]c2ccc(C)nc21. The first-order valence-electron chi connectivity index (χ1n) is 6.27. The summed E-state index contributed by atoms with van der Waals surface area (Å²) in [7, 11) is 0. The Morgan fingerprint density at radius 2 is 2.17 bits per heavy atom. The molecule has 2 aromatic rings. The van der Waals surface area contributed by atoms with Crippen LogP contribution in [0, 0.1) is 11.7 Å². The summed E-state index contributed by atoms with van der Waals surface area (Å²) in [4.78, 5) is 7.79. The minimum Gasteiger partial charge on any atom is -0.329 e. The van der Waals surface area contributed by atoms with Gasteiger partial charge in [0.25, 0.3) is 0 Å². The predicted octanol–water partition coefficient (Wildman–Crippen LogP) is 3.94. The number of aromatic amines is 1. The minimum atomic E-state index is 0.785. The van der Waals surface area contributed by atoms with Crippen molar-refractivity contribution in [2.24, 2.45) is 0 Å². The van der Waals surface area contributed by atoms with Gasteiger partial charge in [-0.1, -0.05) is 6.42 Å². The summed E-state index contributed by atoms with van der Waals surface area (Å²) >= 11 is 7.27. The highest BCUT2D eigenvalue weighted by molar-refractivity contribution is 7.98. The molecule has 0 bridgehead atoms. The van der Waals surface area contributed by atoms with Crippen molar-refractivity contribution in [2.75, 3.05) is 12.0 Å². The molecule has 0 atom stereocenters. The van der Waals surface area contributed by atoms with Gasteiger partial charge >= 0.3 is 0 Å². The number of H-pyrrole nitrogens is 1. The Morgan fingerprint density at radius 3 is 2.94 bits per heavy atom. The fourth-order valence-electron chi connectivity index (χ4n) is 2.03. The van der Waals surface area contributed by atoms with Crippen LogP contribution in [-0.4, -0.2) is 26.5 Å². The molecular weight excluding hydrogens is 262 g/mol. The van der Waals surface area contributed by atoms with Crippen molar-refractivity contribution in [2.45, 2.75) is 32.7 Å². The van der Waals surface area contributed by atoms with Crippen LogP contribution in [0.5, 0.6) is 0 Å². The van der Waals surface area contributed by atoms with Crippen molar-refractivity contribution >= 4 is 35.1 Å². The van der Waals surface area contributed by atoms with E-state index >= 15 is 0 Å². The topological polar surface area (TPSA) is 33.6 Å². The monoisotopic (exact) mass is 281 g/mol. The molecule has 0 unspecified atom stereocenters. The Labute approximate surface area is 117 Å². The fourth-order valence-corrected chi connectivity index (χ4v) is 2.81. The van der Waals surface area contributed by atoms with Crippen molar-refractivity contribution in [3.63, 3.8) is 0 Å². The van der Waals surface area contributed by atoms with Crippen LogP contribution in [0.2, 0.25) is 0 Å². The molecule has 3 nitrogen and oxygen atoms in total. The second kappa shape index (κ2) is 6.38. The number of pyridine rings is 1. The second-order valence-corrected chi connectivity index (χ2v) is 5.83.